The first-order valence-corrected chi connectivity index (χ1v) is 10.3. The summed E-state index contributed by atoms with van der Waals surface area (Å²) in [5.74, 6) is -3.79. The molecular formula is C22H18F2N2O3S. The van der Waals surface area contributed by atoms with Crippen molar-refractivity contribution in [2.24, 2.45) is 0 Å². The molecule has 0 spiro atoms. The molecule has 4 rings (SSSR count). The van der Waals surface area contributed by atoms with Crippen molar-refractivity contribution in [3.8, 4) is 0 Å². The molecule has 154 valence electrons. The van der Waals surface area contributed by atoms with Crippen LogP contribution < -0.4 is 5.32 Å². The second-order valence-electron chi connectivity index (χ2n) is 6.78. The lowest BCUT2D eigenvalue weighted by Crippen LogP contribution is -2.22. The van der Waals surface area contributed by atoms with Crippen molar-refractivity contribution in [1.82, 2.24) is 4.98 Å². The smallest absolute Gasteiger partial charge is 0.339 e. The first kappa shape index (κ1) is 20.3. The predicted molar refractivity (Wildman–Crippen MR) is 111 cm³/mol. The number of esters is 1. The van der Waals surface area contributed by atoms with Crippen molar-refractivity contribution >= 4 is 40.2 Å². The third kappa shape index (κ3) is 4.28. The Labute approximate surface area is 175 Å². The Kier molecular flexibility index (Phi) is 5.94. The van der Waals surface area contributed by atoms with Crippen molar-refractivity contribution in [3.05, 3.63) is 65.4 Å². The number of thioether (sulfide) groups is 1. The molecule has 30 heavy (non-hydrogen) atoms. The maximum Gasteiger partial charge on any atom is 0.339 e. The second-order valence-corrected chi connectivity index (χ2v) is 7.81. The zero-order chi connectivity index (χ0) is 21.1. The number of halogens is 2. The van der Waals surface area contributed by atoms with Gasteiger partial charge in [-0.05, 0) is 43.0 Å². The van der Waals surface area contributed by atoms with Gasteiger partial charge in [0, 0.05) is 16.0 Å². The standard InChI is InChI=1S/C22H18F2N2O3S/c23-22(24)30-18-11-4-3-9-17(18)26-19(27)12-29-21(28)20-13-6-1-2-8-15(13)25-16-10-5-7-14(16)20/h1-4,6,8-9,11,22H,5,7,10,12H2,(H,26,27). The molecule has 1 aliphatic carbocycles. The number of anilines is 1. The SMILES string of the molecule is O=C(COC(=O)c1c2c(nc3ccccc13)CCC2)Nc1ccccc1SC(F)F. The number of rotatable bonds is 6. The summed E-state index contributed by atoms with van der Waals surface area (Å²) in [5.41, 5.74) is 3.18. The van der Waals surface area contributed by atoms with Crippen LogP contribution >= 0.6 is 11.8 Å². The van der Waals surface area contributed by atoms with Gasteiger partial charge in [-0.1, -0.05) is 42.1 Å². The predicted octanol–water partition coefficient (Wildman–Crippen LogP) is 4.83. The number of fused-ring (bicyclic) bond motifs is 2. The summed E-state index contributed by atoms with van der Waals surface area (Å²) in [7, 11) is 0. The van der Waals surface area contributed by atoms with E-state index in [0.29, 0.717) is 28.2 Å². The summed E-state index contributed by atoms with van der Waals surface area (Å²) in [5, 5.41) is 3.23. The number of benzene rings is 2. The first-order chi connectivity index (χ1) is 14.5. The molecule has 0 aliphatic heterocycles. The van der Waals surface area contributed by atoms with Crippen molar-refractivity contribution in [3.63, 3.8) is 0 Å². The third-order valence-corrected chi connectivity index (χ3v) is 5.62. The fourth-order valence-electron chi connectivity index (χ4n) is 3.60. The number of aromatic nitrogens is 1. The molecule has 0 atom stereocenters. The Morgan fingerprint density at radius 3 is 2.70 bits per heavy atom. The van der Waals surface area contributed by atoms with Crippen molar-refractivity contribution in [2.75, 3.05) is 11.9 Å². The third-order valence-electron chi connectivity index (χ3n) is 4.83. The van der Waals surface area contributed by atoms with Crippen LogP contribution in [0.3, 0.4) is 0 Å². The van der Waals surface area contributed by atoms with Crippen LogP contribution in [0.5, 0.6) is 0 Å². The molecule has 0 saturated carbocycles. The van der Waals surface area contributed by atoms with E-state index in [-0.39, 0.29) is 10.6 Å². The van der Waals surface area contributed by atoms with Crippen molar-refractivity contribution < 1.29 is 23.1 Å². The average molecular weight is 428 g/mol. The number of carbonyl (C=O) groups excluding carboxylic acids is 2. The molecule has 2 aromatic carbocycles. The summed E-state index contributed by atoms with van der Waals surface area (Å²) in [4.78, 5) is 30.0. The van der Waals surface area contributed by atoms with E-state index in [9.17, 15) is 18.4 Å². The maximum atomic E-state index is 12.9. The number of hydrogen-bond donors (Lipinski definition) is 1. The second kappa shape index (κ2) is 8.79. The van der Waals surface area contributed by atoms with E-state index >= 15 is 0 Å². The highest BCUT2D eigenvalue weighted by molar-refractivity contribution is 7.99. The number of carbonyl (C=O) groups is 2. The zero-order valence-corrected chi connectivity index (χ0v) is 16.7. The number of nitrogens with one attached hydrogen (secondary N) is 1. The zero-order valence-electron chi connectivity index (χ0n) is 15.9. The Morgan fingerprint density at radius 2 is 1.87 bits per heavy atom. The normalized spacial score (nSPS) is 12.8. The van der Waals surface area contributed by atoms with Gasteiger partial charge < -0.3 is 10.1 Å². The molecule has 5 nitrogen and oxygen atoms in total. The molecule has 3 aromatic rings. The molecule has 0 unspecified atom stereocenters. The minimum atomic E-state index is -2.61. The first-order valence-electron chi connectivity index (χ1n) is 9.44. The Bertz CT molecular complexity index is 1120. The molecule has 1 aromatic heterocycles. The molecule has 1 heterocycles. The van der Waals surface area contributed by atoms with Crippen LogP contribution in [-0.4, -0.2) is 29.2 Å². The van der Waals surface area contributed by atoms with Gasteiger partial charge in [0.25, 0.3) is 11.7 Å². The van der Waals surface area contributed by atoms with Crippen LogP contribution in [0, 0.1) is 0 Å². The van der Waals surface area contributed by atoms with Crippen LogP contribution in [0.25, 0.3) is 10.9 Å². The van der Waals surface area contributed by atoms with Crippen LogP contribution in [-0.2, 0) is 22.4 Å². The molecule has 0 radical (unpaired) electrons. The van der Waals surface area contributed by atoms with E-state index in [0.717, 1.165) is 30.5 Å². The molecular weight excluding hydrogens is 410 g/mol. The van der Waals surface area contributed by atoms with E-state index in [2.05, 4.69) is 10.3 Å². The van der Waals surface area contributed by atoms with Crippen LogP contribution in [0.15, 0.2) is 53.4 Å². The van der Waals surface area contributed by atoms with E-state index < -0.39 is 24.2 Å². The fourth-order valence-corrected chi connectivity index (χ4v) is 4.20. The van der Waals surface area contributed by atoms with Gasteiger partial charge in [-0.15, -0.1) is 0 Å². The number of pyridine rings is 1. The van der Waals surface area contributed by atoms with Gasteiger partial charge in [0.15, 0.2) is 6.61 Å². The maximum absolute atomic E-state index is 12.9. The van der Waals surface area contributed by atoms with Crippen molar-refractivity contribution in [1.29, 1.82) is 0 Å². The van der Waals surface area contributed by atoms with Gasteiger partial charge in [0.1, 0.15) is 0 Å². The quantitative estimate of drug-likeness (QED) is 0.450. The van der Waals surface area contributed by atoms with Crippen LogP contribution in [0.2, 0.25) is 0 Å². The number of amides is 1. The number of para-hydroxylation sites is 2. The number of ether oxygens (including phenoxy) is 1. The van der Waals surface area contributed by atoms with Gasteiger partial charge in [-0.3, -0.25) is 9.78 Å². The number of aryl methyl sites for hydroxylation is 1. The molecule has 1 amide bonds. The monoisotopic (exact) mass is 428 g/mol. The molecule has 0 bridgehead atoms. The summed E-state index contributed by atoms with van der Waals surface area (Å²) < 4.78 is 30.7. The average Bonchev–Trinajstić information content (AvgIpc) is 3.19. The van der Waals surface area contributed by atoms with Crippen LogP contribution in [0.4, 0.5) is 14.5 Å². The number of alkyl halides is 2. The van der Waals surface area contributed by atoms with Gasteiger partial charge in [-0.25, -0.2) is 4.79 Å². The highest BCUT2D eigenvalue weighted by Gasteiger charge is 2.25. The molecule has 8 heteroatoms. The Morgan fingerprint density at radius 1 is 1.10 bits per heavy atom. The van der Waals surface area contributed by atoms with Crippen LogP contribution in [0.1, 0.15) is 28.0 Å². The van der Waals surface area contributed by atoms with E-state index in [1.54, 1.807) is 12.1 Å². The van der Waals surface area contributed by atoms with E-state index in [1.165, 1.54) is 12.1 Å². The lowest BCUT2D eigenvalue weighted by atomic mass is 10.0. The highest BCUT2D eigenvalue weighted by Crippen LogP contribution is 2.32. The number of nitrogens with zero attached hydrogens (tertiary/aromatic N) is 1. The number of hydrogen-bond acceptors (Lipinski definition) is 5. The summed E-state index contributed by atoms with van der Waals surface area (Å²) in [6.45, 7) is -0.516. The fraction of sp³-hybridized carbons (Fsp3) is 0.227. The minimum absolute atomic E-state index is 0.241. The Balaban J connectivity index is 1.49. The topological polar surface area (TPSA) is 68.3 Å². The Hall–Kier alpha value is -3.00. The molecule has 0 saturated heterocycles. The largest absolute Gasteiger partial charge is 0.452 e. The van der Waals surface area contributed by atoms with Gasteiger partial charge >= 0.3 is 5.97 Å². The van der Waals surface area contributed by atoms with E-state index in [1.807, 2.05) is 24.3 Å². The van der Waals surface area contributed by atoms with Crippen molar-refractivity contribution in [2.45, 2.75) is 29.9 Å². The minimum Gasteiger partial charge on any atom is -0.452 e. The van der Waals surface area contributed by atoms with Gasteiger partial charge in [0.05, 0.1) is 16.8 Å². The summed E-state index contributed by atoms with van der Waals surface area (Å²) in [6, 6.07) is 13.6. The molecule has 1 aliphatic rings. The lowest BCUT2D eigenvalue weighted by molar-refractivity contribution is -0.119. The summed E-state index contributed by atoms with van der Waals surface area (Å²) in [6.07, 6.45) is 2.46. The molecule has 1 N–H and O–H groups in total. The lowest BCUT2D eigenvalue weighted by Gasteiger charge is -2.13. The highest BCUT2D eigenvalue weighted by atomic mass is 32.2. The molecule has 0 fully saturated rings. The van der Waals surface area contributed by atoms with Gasteiger partial charge in [-0.2, -0.15) is 8.78 Å². The van der Waals surface area contributed by atoms with Gasteiger partial charge in [0.2, 0.25) is 0 Å². The van der Waals surface area contributed by atoms with E-state index in [4.69, 9.17) is 4.74 Å². The summed E-state index contributed by atoms with van der Waals surface area (Å²) >= 11 is 0.340.